The summed E-state index contributed by atoms with van der Waals surface area (Å²) in [6.07, 6.45) is 4.19. The van der Waals surface area contributed by atoms with Gasteiger partial charge in [0.2, 0.25) is 0 Å². The standard InChI is InChI=1S/C15H23NO2/c1-18-11-13-7-3-2-6-12(13)10-16-14-8-4-5-9-15(14)17/h2-3,6-7,14-17H,4-5,8-11H2,1H3/t14-,15-/m0/s1. The van der Waals surface area contributed by atoms with Crippen LogP contribution in [-0.2, 0) is 17.9 Å². The van der Waals surface area contributed by atoms with Crippen molar-refractivity contribution in [3.05, 3.63) is 35.4 Å². The van der Waals surface area contributed by atoms with E-state index in [1.807, 2.05) is 12.1 Å². The molecule has 0 heterocycles. The third kappa shape index (κ3) is 3.55. The molecule has 2 N–H and O–H groups in total. The smallest absolute Gasteiger partial charge is 0.0716 e. The van der Waals surface area contributed by atoms with Crippen LogP contribution < -0.4 is 5.32 Å². The molecule has 0 spiro atoms. The van der Waals surface area contributed by atoms with E-state index < -0.39 is 0 Å². The SMILES string of the molecule is COCc1ccccc1CN[C@H]1CCCC[C@@H]1O. The molecule has 3 nitrogen and oxygen atoms in total. The van der Waals surface area contributed by atoms with Gasteiger partial charge in [0.15, 0.2) is 0 Å². The van der Waals surface area contributed by atoms with Crippen molar-refractivity contribution in [3.63, 3.8) is 0 Å². The van der Waals surface area contributed by atoms with Gasteiger partial charge in [-0.15, -0.1) is 0 Å². The number of aliphatic hydroxyl groups is 1. The van der Waals surface area contributed by atoms with Crippen LogP contribution in [0.3, 0.4) is 0 Å². The van der Waals surface area contributed by atoms with Crippen LogP contribution in [0.25, 0.3) is 0 Å². The van der Waals surface area contributed by atoms with Crippen molar-refractivity contribution in [2.75, 3.05) is 7.11 Å². The summed E-state index contributed by atoms with van der Waals surface area (Å²) < 4.78 is 5.20. The average molecular weight is 249 g/mol. The van der Waals surface area contributed by atoms with E-state index in [1.165, 1.54) is 17.5 Å². The Morgan fingerprint density at radius 1 is 1.22 bits per heavy atom. The van der Waals surface area contributed by atoms with E-state index in [0.717, 1.165) is 25.8 Å². The molecule has 0 aromatic heterocycles. The molecule has 2 atom stereocenters. The number of methoxy groups -OCH3 is 1. The molecule has 3 heteroatoms. The first kappa shape index (κ1) is 13.5. The summed E-state index contributed by atoms with van der Waals surface area (Å²) in [6.45, 7) is 1.45. The van der Waals surface area contributed by atoms with Crippen LogP contribution in [0.1, 0.15) is 36.8 Å². The van der Waals surface area contributed by atoms with Gasteiger partial charge in [-0.3, -0.25) is 0 Å². The number of nitrogens with one attached hydrogen (secondary N) is 1. The van der Waals surface area contributed by atoms with Crippen molar-refractivity contribution in [1.29, 1.82) is 0 Å². The highest BCUT2D eigenvalue weighted by molar-refractivity contribution is 5.26. The summed E-state index contributed by atoms with van der Waals surface area (Å²) >= 11 is 0. The zero-order valence-electron chi connectivity index (χ0n) is 11.1. The number of ether oxygens (including phenoxy) is 1. The van der Waals surface area contributed by atoms with E-state index in [2.05, 4.69) is 17.4 Å². The van der Waals surface area contributed by atoms with Crippen molar-refractivity contribution >= 4 is 0 Å². The van der Waals surface area contributed by atoms with E-state index in [-0.39, 0.29) is 12.1 Å². The van der Waals surface area contributed by atoms with Gasteiger partial charge in [-0.2, -0.15) is 0 Å². The van der Waals surface area contributed by atoms with Crippen LogP contribution in [0.4, 0.5) is 0 Å². The van der Waals surface area contributed by atoms with Gasteiger partial charge in [0.05, 0.1) is 12.7 Å². The lowest BCUT2D eigenvalue weighted by Crippen LogP contribution is -2.41. The van der Waals surface area contributed by atoms with E-state index in [1.54, 1.807) is 7.11 Å². The largest absolute Gasteiger partial charge is 0.392 e. The van der Waals surface area contributed by atoms with Gasteiger partial charge >= 0.3 is 0 Å². The molecule has 18 heavy (non-hydrogen) atoms. The van der Waals surface area contributed by atoms with Crippen molar-refractivity contribution < 1.29 is 9.84 Å². The predicted molar refractivity (Wildman–Crippen MR) is 72.3 cm³/mol. The monoisotopic (exact) mass is 249 g/mol. The van der Waals surface area contributed by atoms with Gasteiger partial charge in [-0.1, -0.05) is 37.1 Å². The maximum Gasteiger partial charge on any atom is 0.0716 e. The number of aliphatic hydroxyl groups excluding tert-OH is 1. The molecule has 1 saturated carbocycles. The van der Waals surface area contributed by atoms with Crippen molar-refractivity contribution in [2.45, 2.75) is 51.0 Å². The fraction of sp³-hybridized carbons (Fsp3) is 0.600. The first-order chi connectivity index (χ1) is 8.81. The molecule has 0 saturated heterocycles. The molecule has 0 unspecified atom stereocenters. The minimum absolute atomic E-state index is 0.187. The van der Waals surface area contributed by atoms with E-state index in [9.17, 15) is 5.11 Å². The van der Waals surface area contributed by atoms with Crippen molar-refractivity contribution in [2.24, 2.45) is 0 Å². The molecule has 100 valence electrons. The number of hydrogen-bond acceptors (Lipinski definition) is 3. The van der Waals surface area contributed by atoms with E-state index in [4.69, 9.17) is 4.74 Å². The van der Waals surface area contributed by atoms with Crippen molar-refractivity contribution in [1.82, 2.24) is 5.32 Å². The van der Waals surface area contributed by atoms with Gasteiger partial charge in [0.1, 0.15) is 0 Å². The van der Waals surface area contributed by atoms with Crippen LogP contribution in [-0.4, -0.2) is 24.4 Å². The van der Waals surface area contributed by atoms with Crippen LogP contribution in [0.15, 0.2) is 24.3 Å². The second kappa shape index (κ2) is 6.88. The quantitative estimate of drug-likeness (QED) is 0.841. The molecular formula is C15H23NO2. The molecular weight excluding hydrogens is 226 g/mol. The number of rotatable bonds is 5. The summed E-state index contributed by atoms with van der Waals surface area (Å²) in [5, 5.41) is 13.4. The molecule has 0 bridgehead atoms. The predicted octanol–water partition coefficient (Wildman–Crippen LogP) is 2.23. The zero-order valence-corrected chi connectivity index (χ0v) is 11.1. The van der Waals surface area contributed by atoms with Crippen LogP contribution in [0, 0.1) is 0 Å². The minimum Gasteiger partial charge on any atom is -0.392 e. The topological polar surface area (TPSA) is 41.5 Å². The average Bonchev–Trinajstić information content (AvgIpc) is 2.40. The Kier molecular flexibility index (Phi) is 5.17. The Hall–Kier alpha value is -0.900. The zero-order chi connectivity index (χ0) is 12.8. The second-order valence-corrected chi connectivity index (χ2v) is 5.04. The highest BCUT2D eigenvalue weighted by Gasteiger charge is 2.22. The first-order valence-corrected chi connectivity index (χ1v) is 6.78. The number of benzene rings is 1. The highest BCUT2D eigenvalue weighted by Crippen LogP contribution is 2.19. The molecule has 0 amide bonds. The summed E-state index contributed by atoms with van der Waals surface area (Å²) in [5.74, 6) is 0. The summed E-state index contributed by atoms with van der Waals surface area (Å²) in [4.78, 5) is 0. The molecule has 1 aromatic carbocycles. The first-order valence-electron chi connectivity index (χ1n) is 6.78. The van der Waals surface area contributed by atoms with E-state index >= 15 is 0 Å². The minimum atomic E-state index is -0.187. The molecule has 1 aliphatic rings. The molecule has 1 aliphatic carbocycles. The molecule has 1 aromatic rings. The molecule has 1 fully saturated rings. The van der Waals surface area contributed by atoms with Gasteiger partial charge in [-0.25, -0.2) is 0 Å². The van der Waals surface area contributed by atoms with Gasteiger partial charge in [0.25, 0.3) is 0 Å². The maximum absolute atomic E-state index is 9.93. The maximum atomic E-state index is 9.93. The van der Waals surface area contributed by atoms with Crippen LogP contribution >= 0.6 is 0 Å². The van der Waals surface area contributed by atoms with Gasteiger partial charge in [0, 0.05) is 19.7 Å². The molecule has 0 radical (unpaired) electrons. The lowest BCUT2D eigenvalue weighted by molar-refractivity contribution is 0.0901. The van der Waals surface area contributed by atoms with Crippen LogP contribution in [0.5, 0.6) is 0 Å². The fourth-order valence-electron chi connectivity index (χ4n) is 2.62. The Morgan fingerprint density at radius 3 is 2.67 bits per heavy atom. The van der Waals surface area contributed by atoms with Gasteiger partial charge in [-0.05, 0) is 24.0 Å². The van der Waals surface area contributed by atoms with Crippen molar-refractivity contribution in [3.8, 4) is 0 Å². The molecule has 2 rings (SSSR count). The second-order valence-electron chi connectivity index (χ2n) is 5.04. The summed E-state index contributed by atoms with van der Waals surface area (Å²) in [5.41, 5.74) is 2.48. The summed E-state index contributed by atoms with van der Waals surface area (Å²) in [6, 6.07) is 8.55. The van der Waals surface area contributed by atoms with Crippen LogP contribution in [0.2, 0.25) is 0 Å². The highest BCUT2D eigenvalue weighted by atomic mass is 16.5. The normalized spacial score (nSPS) is 24.1. The van der Waals surface area contributed by atoms with E-state index in [0.29, 0.717) is 6.61 Å². The fourth-order valence-corrected chi connectivity index (χ4v) is 2.62. The lowest BCUT2D eigenvalue weighted by Gasteiger charge is -2.28. The lowest BCUT2D eigenvalue weighted by atomic mass is 9.92. The Bertz CT molecular complexity index is 367. The van der Waals surface area contributed by atoms with Gasteiger partial charge < -0.3 is 15.2 Å². The Balaban J connectivity index is 1.92. The number of hydrogen-bond donors (Lipinski definition) is 2. The molecule has 0 aliphatic heterocycles. The third-order valence-corrected chi connectivity index (χ3v) is 3.70. The summed E-state index contributed by atoms with van der Waals surface area (Å²) in [7, 11) is 1.72. The third-order valence-electron chi connectivity index (χ3n) is 3.70. The Morgan fingerprint density at radius 2 is 1.94 bits per heavy atom. The Labute approximate surface area is 109 Å².